The molecule has 0 unspecified atom stereocenters. The Morgan fingerprint density at radius 2 is 2.46 bits per heavy atom. The molecule has 2 aliphatic rings. The van der Waals surface area contributed by atoms with Gasteiger partial charge in [0.1, 0.15) is 5.82 Å². The predicted octanol–water partition coefficient (Wildman–Crippen LogP) is -0.353. The number of anilines is 1. The molecule has 0 fully saturated rings. The average molecular weight is 177 g/mol. The second-order valence-corrected chi connectivity index (χ2v) is 2.91. The minimum absolute atomic E-state index is 0.0775. The SMILES string of the molecule is O=C1c2nc[nH]c2NC2=NCCN12. The van der Waals surface area contributed by atoms with Crippen molar-refractivity contribution in [1.82, 2.24) is 14.9 Å². The normalized spacial score (nSPS) is 19.2. The van der Waals surface area contributed by atoms with Crippen LogP contribution >= 0.6 is 0 Å². The summed E-state index contributed by atoms with van der Waals surface area (Å²) >= 11 is 0. The molecule has 1 aromatic heterocycles. The zero-order valence-corrected chi connectivity index (χ0v) is 6.74. The van der Waals surface area contributed by atoms with E-state index in [0.29, 0.717) is 30.6 Å². The monoisotopic (exact) mass is 177 g/mol. The van der Waals surface area contributed by atoms with Gasteiger partial charge in [0.15, 0.2) is 5.69 Å². The van der Waals surface area contributed by atoms with Crippen molar-refractivity contribution in [1.29, 1.82) is 0 Å². The molecule has 66 valence electrons. The summed E-state index contributed by atoms with van der Waals surface area (Å²) in [5.41, 5.74) is 0.445. The van der Waals surface area contributed by atoms with Crippen molar-refractivity contribution in [3.63, 3.8) is 0 Å². The molecule has 6 nitrogen and oxygen atoms in total. The fourth-order valence-corrected chi connectivity index (χ4v) is 1.54. The highest BCUT2D eigenvalue weighted by atomic mass is 16.2. The fraction of sp³-hybridized carbons (Fsp3) is 0.286. The van der Waals surface area contributed by atoms with Gasteiger partial charge >= 0.3 is 0 Å². The van der Waals surface area contributed by atoms with Gasteiger partial charge in [0.05, 0.1) is 12.9 Å². The zero-order chi connectivity index (χ0) is 8.84. The molecule has 1 aromatic rings. The Hall–Kier alpha value is -1.85. The molecule has 0 radical (unpaired) electrons. The lowest BCUT2D eigenvalue weighted by molar-refractivity contribution is 0.0850. The van der Waals surface area contributed by atoms with Crippen LogP contribution in [0.4, 0.5) is 5.82 Å². The smallest absolute Gasteiger partial charge is 0.283 e. The summed E-state index contributed by atoms with van der Waals surface area (Å²) in [6, 6.07) is 0. The topological polar surface area (TPSA) is 73.4 Å². The second-order valence-electron chi connectivity index (χ2n) is 2.91. The summed E-state index contributed by atoms with van der Waals surface area (Å²) in [5.74, 6) is 1.19. The van der Waals surface area contributed by atoms with E-state index in [9.17, 15) is 4.79 Å². The maximum absolute atomic E-state index is 11.7. The maximum Gasteiger partial charge on any atom is 0.283 e. The number of hydrogen-bond donors (Lipinski definition) is 2. The van der Waals surface area contributed by atoms with Gasteiger partial charge in [-0.1, -0.05) is 0 Å². The van der Waals surface area contributed by atoms with Crippen LogP contribution in [0.3, 0.4) is 0 Å². The Morgan fingerprint density at radius 3 is 3.38 bits per heavy atom. The summed E-state index contributed by atoms with van der Waals surface area (Å²) in [7, 11) is 0. The number of guanidine groups is 1. The number of imidazole rings is 1. The van der Waals surface area contributed by atoms with Crippen LogP contribution < -0.4 is 5.32 Å². The van der Waals surface area contributed by atoms with Gasteiger partial charge in [0.25, 0.3) is 5.91 Å². The Labute approximate surface area is 73.7 Å². The van der Waals surface area contributed by atoms with Crippen LogP contribution in [0, 0.1) is 0 Å². The lowest BCUT2D eigenvalue weighted by atomic mass is 10.3. The maximum atomic E-state index is 11.7. The van der Waals surface area contributed by atoms with E-state index in [0.717, 1.165) is 0 Å². The van der Waals surface area contributed by atoms with E-state index in [1.54, 1.807) is 4.90 Å². The molecule has 0 aliphatic carbocycles. The highest BCUT2D eigenvalue weighted by Gasteiger charge is 2.33. The van der Waals surface area contributed by atoms with E-state index in [4.69, 9.17) is 0 Å². The van der Waals surface area contributed by atoms with Crippen LogP contribution in [0.25, 0.3) is 0 Å². The predicted molar refractivity (Wildman–Crippen MR) is 45.5 cm³/mol. The van der Waals surface area contributed by atoms with Crippen LogP contribution in [0.15, 0.2) is 11.3 Å². The molecule has 2 N–H and O–H groups in total. The third-order valence-electron chi connectivity index (χ3n) is 2.16. The summed E-state index contributed by atoms with van der Waals surface area (Å²) in [5, 5.41) is 3.01. The number of nitrogens with one attached hydrogen (secondary N) is 2. The van der Waals surface area contributed by atoms with Gasteiger partial charge in [-0.2, -0.15) is 0 Å². The minimum Gasteiger partial charge on any atom is -0.331 e. The van der Waals surface area contributed by atoms with Crippen LogP contribution in [-0.4, -0.2) is 39.8 Å². The lowest BCUT2D eigenvalue weighted by Crippen LogP contribution is -2.42. The number of amides is 1. The number of carbonyl (C=O) groups excluding carboxylic acids is 1. The molecule has 0 bridgehead atoms. The number of H-pyrrole nitrogens is 1. The third-order valence-corrected chi connectivity index (χ3v) is 2.16. The van der Waals surface area contributed by atoms with Crippen LogP contribution in [0.5, 0.6) is 0 Å². The van der Waals surface area contributed by atoms with Crippen molar-refractivity contribution in [2.45, 2.75) is 0 Å². The molecular weight excluding hydrogens is 170 g/mol. The largest absolute Gasteiger partial charge is 0.331 e. The van der Waals surface area contributed by atoms with Crippen LogP contribution in [-0.2, 0) is 0 Å². The summed E-state index contributed by atoms with van der Waals surface area (Å²) in [6.07, 6.45) is 1.50. The van der Waals surface area contributed by atoms with Crippen molar-refractivity contribution in [2.75, 3.05) is 18.4 Å². The third kappa shape index (κ3) is 0.742. The molecular formula is C7H7N5O. The first-order chi connectivity index (χ1) is 6.36. The molecule has 3 heterocycles. The standard InChI is InChI=1S/C7H7N5O/c13-6-4-5(10-3-9-4)11-7-8-1-2-12(6)7/h3H,1-2H2,(H,8,11)(H,9,10). The Morgan fingerprint density at radius 1 is 1.54 bits per heavy atom. The Bertz CT molecular complexity index is 407. The highest BCUT2D eigenvalue weighted by molar-refractivity contribution is 6.16. The van der Waals surface area contributed by atoms with Crippen molar-refractivity contribution in [3.05, 3.63) is 12.0 Å². The van der Waals surface area contributed by atoms with E-state index < -0.39 is 0 Å². The van der Waals surface area contributed by atoms with Crippen molar-refractivity contribution in [3.8, 4) is 0 Å². The van der Waals surface area contributed by atoms with Gasteiger partial charge in [-0.15, -0.1) is 0 Å². The molecule has 0 saturated heterocycles. The van der Waals surface area contributed by atoms with Gasteiger partial charge in [-0.3, -0.25) is 14.7 Å². The first kappa shape index (κ1) is 6.64. The van der Waals surface area contributed by atoms with Crippen molar-refractivity contribution < 1.29 is 4.79 Å². The molecule has 3 rings (SSSR count). The number of rotatable bonds is 0. The number of aromatic amines is 1. The van der Waals surface area contributed by atoms with Crippen molar-refractivity contribution >= 4 is 17.7 Å². The van der Waals surface area contributed by atoms with E-state index >= 15 is 0 Å². The number of carbonyl (C=O) groups is 1. The molecule has 0 atom stereocenters. The van der Waals surface area contributed by atoms with E-state index in [1.807, 2.05) is 0 Å². The fourth-order valence-electron chi connectivity index (χ4n) is 1.54. The number of nitrogens with zero attached hydrogens (tertiary/aromatic N) is 3. The van der Waals surface area contributed by atoms with E-state index in [2.05, 4.69) is 20.3 Å². The second kappa shape index (κ2) is 2.09. The van der Waals surface area contributed by atoms with E-state index in [1.165, 1.54) is 6.33 Å². The number of fused-ring (bicyclic) bond motifs is 2. The van der Waals surface area contributed by atoms with Crippen molar-refractivity contribution in [2.24, 2.45) is 4.99 Å². The average Bonchev–Trinajstić information content (AvgIpc) is 2.71. The molecule has 2 aliphatic heterocycles. The molecule has 6 heteroatoms. The van der Waals surface area contributed by atoms with E-state index in [-0.39, 0.29) is 5.91 Å². The molecule has 0 saturated carbocycles. The van der Waals surface area contributed by atoms with Gasteiger partial charge in [-0.25, -0.2) is 4.98 Å². The van der Waals surface area contributed by atoms with Gasteiger partial charge in [0, 0.05) is 6.54 Å². The summed E-state index contributed by atoms with van der Waals surface area (Å²) in [6.45, 7) is 1.31. The minimum atomic E-state index is -0.0775. The zero-order valence-electron chi connectivity index (χ0n) is 6.74. The van der Waals surface area contributed by atoms with Crippen LogP contribution in [0.2, 0.25) is 0 Å². The first-order valence-electron chi connectivity index (χ1n) is 4.03. The summed E-state index contributed by atoms with van der Waals surface area (Å²) < 4.78 is 0. The highest BCUT2D eigenvalue weighted by Crippen LogP contribution is 2.20. The van der Waals surface area contributed by atoms with Crippen LogP contribution in [0.1, 0.15) is 10.5 Å². The number of aliphatic imine (C=N–C) groups is 1. The Balaban J connectivity index is 2.15. The molecule has 13 heavy (non-hydrogen) atoms. The summed E-state index contributed by atoms with van der Waals surface area (Å²) in [4.78, 5) is 24.2. The van der Waals surface area contributed by atoms with Gasteiger partial charge in [-0.05, 0) is 0 Å². The van der Waals surface area contributed by atoms with Gasteiger partial charge < -0.3 is 10.3 Å². The quantitative estimate of drug-likeness (QED) is 0.568. The Kier molecular flexibility index (Phi) is 1.07. The molecule has 1 amide bonds. The lowest BCUT2D eigenvalue weighted by Gasteiger charge is -2.22. The molecule has 0 spiro atoms. The first-order valence-corrected chi connectivity index (χ1v) is 4.03. The number of aromatic nitrogens is 2. The molecule has 0 aromatic carbocycles. The van der Waals surface area contributed by atoms with Gasteiger partial charge in [0.2, 0.25) is 5.96 Å². The number of hydrogen-bond acceptors (Lipinski definition) is 4.